The smallest absolute Gasteiger partial charge is 0.223 e. The Morgan fingerprint density at radius 1 is 1.27 bits per heavy atom. The lowest BCUT2D eigenvalue weighted by atomic mass is 10.1. The summed E-state index contributed by atoms with van der Waals surface area (Å²) in [5.41, 5.74) is 5.34. The molecule has 0 aliphatic heterocycles. The van der Waals surface area contributed by atoms with Gasteiger partial charge in [-0.3, -0.25) is 5.10 Å². The maximum Gasteiger partial charge on any atom is 0.223 e. The summed E-state index contributed by atoms with van der Waals surface area (Å²) in [5, 5.41) is 10.4. The Hall–Kier alpha value is -2.69. The monoisotopic (exact) mass is 293 g/mol. The molecule has 2 N–H and O–H groups in total. The Labute approximate surface area is 129 Å². The molecule has 0 fully saturated rings. The van der Waals surface area contributed by atoms with Crippen LogP contribution in [0, 0.1) is 6.92 Å². The maximum absolute atomic E-state index is 4.59. The van der Waals surface area contributed by atoms with Gasteiger partial charge in [0.25, 0.3) is 0 Å². The number of aromatic amines is 1. The summed E-state index contributed by atoms with van der Waals surface area (Å²) in [6.07, 6.45) is 9.20. The number of hydrogen-bond donors (Lipinski definition) is 2. The van der Waals surface area contributed by atoms with E-state index in [1.807, 2.05) is 25.1 Å². The van der Waals surface area contributed by atoms with Gasteiger partial charge in [0.2, 0.25) is 5.95 Å². The molecule has 0 aromatic carbocycles. The van der Waals surface area contributed by atoms with Crippen LogP contribution in [0.5, 0.6) is 0 Å². The molecule has 0 spiro atoms. The van der Waals surface area contributed by atoms with E-state index >= 15 is 0 Å². The minimum absolute atomic E-state index is 0.279. The van der Waals surface area contributed by atoms with Crippen LogP contribution in [0.1, 0.15) is 18.5 Å². The number of nitrogens with one attached hydrogen (secondary N) is 2. The van der Waals surface area contributed by atoms with Crippen molar-refractivity contribution in [3.8, 4) is 11.3 Å². The van der Waals surface area contributed by atoms with E-state index in [2.05, 4.69) is 38.6 Å². The Balaban J connectivity index is 1.76. The number of aromatic nitrogens is 4. The number of aryl methyl sites for hydroxylation is 1. The van der Waals surface area contributed by atoms with E-state index < -0.39 is 0 Å². The number of anilines is 1. The summed E-state index contributed by atoms with van der Waals surface area (Å²) < 4.78 is 0. The number of H-pyrrole nitrogens is 1. The molecule has 0 bridgehead atoms. The first kappa shape index (κ1) is 14.3. The highest BCUT2D eigenvalue weighted by molar-refractivity contribution is 5.61. The number of nitrogens with zero attached hydrogens (tertiary/aromatic N) is 3. The molecule has 0 saturated carbocycles. The lowest BCUT2D eigenvalue weighted by Gasteiger charge is -2.13. The first-order valence-corrected chi connectivity index (χ1v) is 7.28. The Morgan fingerprint density at radius 3 is 2.59 bits per heavy atom. The molecular weight excluding hydrogens is 274 g/mol. The van der Waals surface area contributed by atoms with Crippen LogP contribution in [0.2, 0.25) is 0 Å². The fourth-order valence-corrected chi connectivity index (χ4v) is 2.77. The second-order valence-electron chi connectivity index (χ2n) is 5.38. The molecule has 1 aliphatic carbocycles. The van der Waals surface area contributed by atoms with Gasteiger partial charge in [0, 0.05) is 23.5 Å². The van der Waals surface area contributed by atoms with Crippen molar-refractivity contribution in [1.29, 1.82) is 0 Å². The zero-order chi connectivity index (χ0) is 15.5. The van der Waals surface area contributed by atoms with Crippen molar-refractivity contribution < 1.29 is 0 Å². The van der Waals surface area contributed by atoms with Gasteiger partial charge < -0.3 is 5.32 Å². The standard InChI is InChI=1S/C17H19N5/c1-4-12-8-14(9-13(12)5-2)20-17-18-7-6-16(21-17)15-10-19-22-11(15)3/h4-7,10,14H,1-2,8-9H2,3H3,(H,19,22)(H,18,20,21). The summed E-state index contributed by atoms with van der Waals surface area (Å²) >= 11 is 0. The van der Waals surface area contributed by atoms with Crippen LogP contribution in [0.25, 0.3) is 11.3 Å². The zero-order valence-electron chi connectivity index (χ0n) is 12.6. The molecule has 0 atom stereocenters. The van der Waals surface area contributed by atoms with Crippen molar-refractivity contribution >= 4 is 5.95 Å². The van der Waals surface area contributed by atoms with Gasteiger partial charge >= 0.3 is 0 Å². The van der Waals surface area contributed by atoms with Crippen LogP contribution in [0.4, 0.5) is 5.95 Å². The molecule has 1 aliphatic rings. The van der Waals surface area contributed by atoms with Gasteiger partial charge in [-0.2, -0.15) is 5.10 Å². The van der Waals surface area contributed by atoms with Gasteiger partial charge in [-0.15, -0.1) is 0 Å². The molecule has 0 saturated heterocycles. The van der Waals surface area contributed by atoms with Gasteiger partial charge in [0.05, 0.1) is 11.9 Å². The van der Waals surface area contributed by atoms with Crippen molar-refractivity contribution in [3.05, 3.63) is 60.6 Å². The highest BCUT2D eigenvalue weighted by Crippen LogP contribution is 2.29. The van der Waals surface area contributed by atoms with Crippen molar-refractivity contribution in [1.82, 2.24) is 20.2 Å². The molecule has 0 unspecified atom stereocenters. The van der Waals surface area contributed by atoms with Gasteiger partial charge in [0.15, 0.2) is 0 Å². The summed E-state index contributed by atoms with van der Waals surface area (Å²) in [5.74, 6) is 0.636. The molecule has 22 heavy (non-hydrogen) atoms. The normalized spacial score (nSPS) is 15.1. The molecule has 112 valence electrons. The fraction of sp³-hybridized carbons (Fsp3) is 0.235. The third kappa shape index (κ3) is 2.70. The molecule has 2 heterocycles. The highest BCUT2D eigenvalue weighted by Gasteiger charge is 2.21. The second-order valence-corrected chi connectivity index (χ2v) is 5.38. The first-order chi connectivity index (χ1) is 10.7. The van der Waals surface area contributed by atoms with Crippen molar-refractivity contribution in [2.45, 2.75) is 25.8 Å². The zero-order valence-corrected chi connectivity index (χ0v) is 12.6. The minimum atomic E-state index is 0.279. The Morgan fingerprint density at radius 2 is 2.00 bits per heavy atom. The van der Waals surface area contributed by atoms with Crippen molar-refractivity contribution in [3.63, 3.8) is 0 Å². The quantitative estimate of drug-likeness (QED) is 0.886. The van der Waals surface area contributed by atoms with Gasteiger partial charge in [-0.25, -0.2) is 9.97 Å². The van der Waals surface area contributed by atoms with Crippen LogP contribution in [0.15, 0.2) is 54.9 Å². The minimum Gasteiger partial charge on any atom is -0.351 e. The van der Waals surface area contributed by atoms with Crippen LogP contribution in [-0.2, 0) is 0 Å². The fourth-order valence-electron chi connectivity index (χ4n) is 2.77. The third-order valence-corrected chi connectivity index (χ3v) is 3.93. The molecule has 2 aromatic rings. The topological polar surface area (TPSA) is 66.5 Å². The maximum atomic E-state index is 4.59. The number of rotatable bonds is 5. The molecule has 5 nitrogen and oxygen atoms in total. The van der Waals surface area contributed by atoms with E-state index in [4.69, 9.17) is 0 Å². The van der Waals surface area contributed by atoms with Gasteiger partial charge in [-0.05, 0) is 37.0 Å². The summed E-state index contributed by atoms with van der Waals surface area (Å²) in [6.45, 7) is 9.71. The predicted octanol–water partition coefficient (Wildman–Crippen LogP) is 3.42. The second kappa shape index (κ2) is 5.97. The Kier molecular flexibility index (Phi) is 3.87. The van der Waals surface area contributed by atoms with Crippen LogP contribution in [-0.4, -0.2) is 26.2 Å². The van der Waals surface area contributed by atoms with Crippen LogP contribution < -0.4 is 5.32 Å². The third-order valence-electron chi connectivity index (χ3n) is 3.93. The van der Waals surface area contributed by atoms with Gasteiger partial charge in [0.1, 0.15) is 0 Å². The number of allylic oxidation sites excluding steroid dienone is 2. The average Bonchev–Trinajstić information content (AvgIpc) is 3.13. The summed E-state index contributed by atoms with van der Waals surface area (Å²) in [4.78, 5) is 8.91. The lowest BCUT2D eigenvalue weighted by molar-refractivity contribution is 0.759. The molecule has 5 heteroatoms. The lowest BCUT2D eigenvalue weighted by Crippen LogP contribution is -2.18. The van der Waals surface area contributed by atoms with E-state index in [0.29, 0.717) is 5.95 Å². The summed E-state index contributed by atoms with van der Waals surface area (Å²) in [6, 6.07) is 2.17. The molecule has 0 amide bonds. The van der Waals surface area contributed by atoms with Gasteiger partial charge in [-0.1, -0.05) is 25.3 Å². The summed E-state index contributed by atoms with van der Waals surface area (Å²) in [7, 11) is 0. The average molecular weight is 293 g/mol. The van der Waals surface area contributed by atoms with Crippen LogP contribution in [0.3, 0.4) is 0 Å². The van der Waals surface area contributed by atoms with E-state index in [1.54, 1.807) is 12.4 Å². The van der Waals surface area contributed by atoms with E-state index in [1.165, 1.54) is 11.1 Å². The Bertz CT molecular complexity index is 721. The largest absolute Gasteiger partial charge is 0.351 e. The molecule has 2 aromatic heterocycles. The van der Waals surface area contributed by atoms with E-state index in [0.717, 1.165) is 29.8 Å². The number of hydrogen-bond acceptors (Lipinski definition) is 4. The predicted molar refractivity (Wildman–Crippen MR) is 88.4 cm³/mol. The van der Waals surface area contributed by atoms with Crippen molar-refractivity contribution in [2.75, 3.05) is 5.32 Å². The SMILES string of the molecule is C=CC1=C(C=C)CC(Nc2nccc(-c3cn[nH]c3C)n2)C1. The van der Waals surface area contributed by atoms with Crippen LogP contribution >= 0.6 is 0 Å². The molecule has 3 rings (SSSR count). The van der Waals surface area contributed by atoms with Crippen molar-refractivity contribution in [2.24, 2.45) is 0 Å². The van der Waals surface area contributed by atoms with E-state index in [-0.39, 0.29) is 6.04 Å². The van der Waals surface area contributed by atoms with E-state index in [9.17, 15) is 0 Å². The molecular formula is C17H19N5. The first-order valence-electron chi connectivity index (χ1n) is 7.28. The highest BCUT2D eigenvalue weighted by atomic mass is 15.1. The molecule has 0 radical (unpaired) electrons.